The van der Waals surface area contributed by atoms with Crippen molar-refractivity contribution >= 4 is 11.4 Å². The fourth-order valence-electron chi connectivity index (χ4n) is 1.66. The molecule has 0 spiro atoms. The van der Waals surface area contributed by atoms with Gasteiger partial charge in [0, 0.05) is 29.2 Å². The third kappa shape index (κ3) is 2.16. The first-order valence-corrected chi connectivity index (χ1v) is 5.27. The summed E-state index contributed by atoms with van der Waals surface area (Å²) in [6.07, 6.45) is 0. The highest BCUT2D eigenvalue weighted by Gasteiger charge is 2.17. The molecule has 0 atom stereocenters. The molecule has 0 saturated carbocycles. The SMILES string of the molecule is Cc1cccc([N+](=O)c2cccc(C)c2)c1. The molecule has 0 bridgehead atoms. The van der Waals surface area contributed by atoms with Gasteiger partial charge < -0.3 is 0 Å². The zero-order valence-corrected chi connectivity index (χ0v) is 9.47. The maximum Gasteiger partial charge on any atom is 0.263 e. The monoisotopic (exact) mass is 212 g/mol. The van der Waals surface area contributed by atoms with Crippen LogP contribution in [0.4, 0.5) is 11.4 Å². The van der Waals surface area contributed by atoms with E-state index in [1.807, 2.05) is 62.4 Å². The van der Waals surface area contributed by atoms with Gasteiger partial charge in [-0.25, -0.2) is 0 Å². The number of nitrogens with zero attached hydrogens (tertiary/aromatic N) is 1. The van der Waals surface area contributed by atoms with E-state index in [4.69, 9.17) is 0 Å². The lowest BCUT2D eigenvalue weighted by Crippen LogP contribution is -1.98. The van der Waals surface area contributed by atoms with Gasteiger partial charge in [-0.1, -0.05) is 24.3 Å². The van der Waals surface area contributed by atoms with Gasteiger partial charge in [0.25, 0.3) is 11.4 Å². The molecule has 2 aromatic carbocycles. The molecule has 2 rings (SSSR count). The summed E-state index contributed by atoms with van der Waals surface area (Å²) in [7, 11) is 0. The molecule has 2 nitrogen and oxygen atoms in total. The predicted octanol–water partition coefficient (Wildman–Crippen LogP) is 3.90. The van der Waals surface area contributed by atoms with Gasteiger partial charge in [0.05, 0.1) is 4.76 Å². The Hall–Kier alpha value is -1.96. The van der Waals surface area contributed by atoms with Crippen LogP contribution in [0.5, 0.6) is 0 Å². The highest BCUT2D eigenvalue weighted by Crippen LogP contribution is 2.21. The van der Waals surface area contributed by atoms with Crippen molar-refractivity contribution in [3.63, 3.8) is 0 Å². The quantitative estimate of drug-likeness (QED) is 0.691. The normalized spacial score (nSPS) is 10.1. The molecule has 0 unspecified atom stereocenters. The van der Waals surface area contributed by atoms with Crippen molar-refractivity contribution in [2.45, 2.75) is 13.8 Å². The van der Waals surface area contributed by atoms with Gasteiger partial charge in [-0.15, -0.1) is 0 Å². The van der Waals surface area contributed by atoms with Crippen LogP contribution in [0.25, 0.3) is 0 Å². The Morgan fingerprint density at radius 3 is 1.62 bits per heavy atom. The van der Waals surface area contributed by atoms with E-state index < -0.39 is 0 Å². The van der Waals surface area contributed by atoms with Crippen LogP contribution in [0.2, 0.25) is 0 Å². The van der Waals surface area contributed by atoms with Crippen molar-refractivity contribution in [3.05, 3.63) is 64.6 Å². The maximum absolute atomic E-state index is 12.1. The first kappa shape index (κ1) is 10.6. The summed E-state index contributed by atoms with van der Waals surface area (Å²) >= 11 is 0. The zero-order valence-electron chi connectivity index (χ0n) is 9.47. The van der Waals surface area contributed by atoms with Gasteiger partial charge in [-0.3, -0.25) is 0 Å². The van der Waals surface area contributed by atoms with Crippen LogP contribution < -0.4 is 4.76 Å². The molecule has 0 aromatic heterocycles. The van der Waals surface area contributed by atoms with E-state index in [0.29, 0.717) is 11.4 Å². The highest BCUT2D eigenvalue weighted by molar-refractivity contribution is 5.52. The second kappa shape index (κ2) is 4.27. The summed E-state index contributed by atoms with van der Waals surface area (Å²) in [5.74, 6) is 0. The third-order valence-electron chi connectivity index (χ3n) is 2.47. The largest absolute Gasteiger partial charge is 0.263 e. The number of benzene rings is 2. The average Bonchev–Trinajstić information content (AvgIpc) is 2.28. The first-order valence-electron chi connectivity index (χ1n) is 5.27. The Morgan fingerprint density at radius 2 is 1.25 bits per heavy atom. The van der Waals surface area contributed by atoms with Gasteiger partial charge >= 0.3 is 0 Å². The number of hydrogen-bond acceptors (Lipinski definition) is 1. The van der Waals surface area contributed by atoms with Gasteiger partial charge in [0.15, 0.2) is 0 Å². The summed E-state index contributed by atoms with van der Waals surface area (Å²) in [6.45, 7) is 3.96. The van der Waals surface area contributed by atoms with Crippen LogP contribution in [-0.4, -0.2) is 0 Å². The van der Waals surface area contributed by atoms with Gasteiger partial charge in [0.1, 0.15) is 0 Å². The summed E-state index contributed by atoms with van der Waals surface area (Å²) in [5, 5.41) is 0. The second-order valence-electron chi connectivity index (χ2n) is 3.97. The zero-order chi connectivity index (χ0) is 11.5. The first-order chi connectivity index (χ1) is 7.66. The van der Waals surface area contributed by atoms with Crippen LogP contribution >= 0.6 is 0 Å². The highest BCUT2D eigenvalue weighted by atomic mass is 16.3. The van der Waals surface area contributed by atoms with Crippen molar-refractivity contribution in [3.8, 4) is 0 Å². The van der Waals surface area contributed by atoms with E-state index >= 15 is 0 Å². The van der Waals surface area contributed by atoms with Crippen LogP contribution in [0.15, 0.2) is 48.5 Å². The summed E-state index contributed by atoms with van der Waals surface area (Å²) in [6, 6.07) is 15.2. The van der Waals surface area contributed by atoms with Crippen molar-refractivity contribution < 1.29 is 0 Å². The van der Waals surface area contributed by atoms with Gasteiger partial charge in [0.2, 0.25) is 0 Å². The van der Waals surface area contributed by atoms with Crippen LogP contribution in [0.1, 0.15) is 11.1 Å². The predicted molar refractivity (Wildman–Crippen MR) is 67.2 cm³/mol. The minimum atomic E-state index is 0.672. The fraction of sp³-hybridized carbons (Fsp3) is 0.143. The number of rotatable bonds is 2. The van der Waals surface area contributed by atoms with Gasteiger partial charge in [-0.2, -0.15) is 0 Å². The van der Waals surface area contributed by atoms with E-state index in [1.54, 1.807) is 0 Å². The van der Waals surface area contributed by atoms with E-state index in [0.717, 1.165) is 15.9 Å². The van der Waals surface area contributed by atoms with Crippen molar-refractivity contribution in [1.29, 1.82) is 0 Å². The van der Waals surface area contributed by atoms with E-state index in [1.165, 1.54) is 0 Å². The number of nitroso groups, excluding NO2 is 1. The fourth-order valence-corrected chi connectivity index (χ4v) is 1.66. The molecule has 0 aliphatic carbocycles. The minimum absolute atomic E-state index is 0.672. The third-order valence-corrected chi connectivity index (χ3v) is 2.47. The standard InChI is InChI=1S/C14H14NO/c1-11-5-3-7-13(9-11)15(16)14-8-4-6-12(2)10-14/h3-10H,1-2H3/q+1. The molecular formula is C14H14NO+. The minimum Gasteiger partial charge on any atom is -0.0588 e. The molecule has 0 aliphatic rings. The topological polar surface area (TPSA) is 20.1 Å². The molecule has 2 heteroatoms. The molecule has 0 N–H and O–H groups in total. The molecule has 80 valence electrons. The Balaban J connectivity index is 2.39. The lowest BCUT2D eigenvalue weighted by Gasteiger charge is -1.95. The summed E-state index contributed by atoms with van der Waals surface area (Å²) < 4.78 is 0.958. The summed E-state index contributed by atoms with van der Waals surface area (Å²) in [5.41, 5.74) is 3.52. The van der Waals surface area contributed by atoms with Crippen molar-refractivity contribution in [1.82, 2.24) is 4.76 Å². The van der Waals surface area contributed by atoms with Gasteiger partial charge in [-0.05, 0) is 25.0 Å². The number of hydrogen-bond donors (Lipinski definition) is 0. The Morgan fingerprint density at radius 1 is 0.812 bits per heavy atom. The Labute approximate surface area is 95.1 Å². The number of aryl methyl sites for hydroxylation is 2. The van der Waals surface area contributed by atoms with E-state index in [9.17, 15) is 4.91 Å². The molecular weight excluding hydrogens is 198 g/mol. The molecule has 2 aromatic rings. The Bertz CT molecular complexity index is 484. The van der Waals surface area contributed by atoms with Crippen LogP contribution in [0, 0.1) is 18.8 Å². The maximum atomic E-state index is 12.1. The van der Waals surface area contributed by atoms with Crippen LogP contribution in [0.3, 0.4) is 0 Å². The lowest BCUT2D eigenvalue weighted by atomic mass is 10.2. The summed E-state index contributed by atoms with van der Waals surface area (Å²) in [4.78, 5) is 12.1. The lowest BCUT2D eigenvalue weighted by molar-refractivity contribution is 1.05. The van der Waals surface area contributed by atoms with Crippen molar-refractivity contribution in [2.75, 3.05) is 0 Å². The average molecular weight is 212 g/mol. The molecule has 0 amide bonds. The molecule has 0 radical (unpaired) electrons. The molecule has 0 heterocycles. The Kier molecular flexibility index (Phi) is 2.82. The van der Waals surface area contributed by atoms with Crippen LogP contribution in [-0.2, 0) is 0 Å². The van der Waals surface area contributed by atoms with E-state index in [-0.39, 0.29) is 0 Å². The molecule has 0 fully saturated rings. The van der Waals surface area contributed by atoms with E-state index in [2.05, 4.69) is 0 Å². The molecule has 16 heavy (non-hydrogen) atoms. The molecule has 0 saturated heterocycles. The molecule has 0 aliphatic heterocycles. The second-order valence-corrected chi connectivity index (χ2v) is 3.97. The smallest absolute Gasteiger partial charge is 0.0588 e. The van der Waals surface area contributed by atoms with Crippen molar-refractivity contribution in [2.24, 2.45) is 0 Å².